The molecule has 0 spiro atoms. The SMILES string of the molecule is CCNC(=NCc1ccnc(N2CCOC(C)C2)c1)NC1CC1. The van der Waals surface area contributed by atoms with Gasteiger partial charge in [0.15, 0.2) is 5.96 Å². The van der Waals surface area contributed by atoms with Gasteiger partial charge in [0.05, 0.1) is 19.3 Å². The van der Waals surface area contributed by atoms with Gasteiger partial charge < -0.3 is 20.3 Å². The second-order valence-electron chi connectivity index (χ2n) is 6.26. The lowest BCUT2D eigenvalue weighted by Crippen LogP contribution is -2.41. The summed E-state index contributed by atoms with van der Waals surface area (Å²) in [6, 6.07) is 4.79. The molecule has 0 bridgehead atoms. The maximum absolute atomic E-state index is 5.60. The van der Waals surface area contributed by atoms with Crippen LogP contribution in [0.2, 0.25) is 0 Å². The first-order chi connectivity index (χ1) is 11.2. The summed E-state index contributed by atoms with van der Waals surface area (Å²) in [7, 11) is 0. The van der Waals surface area contributed by atoms with Crippen LogP contribution in [-0.2, 0) is 11.3 Å². The fourth-order valence-corrected chi connectivity index (χ4v) is 2.67. The van der Waals surface area contributed by atoms with E-state index >= 15 is 0 Å². The van der Waals surface area contributed by atoms with Crippen molar-refractivity contribution in [2.24, 2.45) is 4.99 Å². The van der Waals surface area contributed by atoms with Crippen molar-refractivity contribution in [3.63, 3.8) is 0 Å². The molecule has 1 saturated carbocycles. The third-order valence-corrected chi connectivity index (χ3v) is 4.06. The van der Waals surface area contributed by atoms with Crippen molar-refractivity contribution in [1.29, 1.82) is 0 Å². The Labute approximate surface area is 138 Å². The van der Waals surface area contributed by atoms with Gasteiger partial charge in [-0.05, 0) is 44.4 Å². The number of pyridine rings is 1. The number of morpholine rings is 1. The molecule has 2 aliphatic rings. The smallest absolute Gasteiger partial charge is 0.191 e. The van der Waals surface area contributed by atoms with Crippen LogP contribution in [0, 0.1) is 0 Å². The summed E-state index contributed by atoms with van der Waals surface area (Å²) in [6.07, 6.45) is 4.63. The Bertz CT molecular complexity index is 544. The van der Waals surface area contributed by atoms with Crippen LogP contribution in [0.3, 0.4) is 0 Å². The summed E-state index contributed by atoms with van der Waals surface area (Å²) in [5.41, 5.74) is 1.18. The molecule has 1 aliphatic heterocycles. The lowest BCUT2D eigenvalue weighted by molar-refractivity contribution is 0.0529. The van der Waals surface area contributed by atoms with Crippen molar-refractivity contribution in [3.05, 3.63) is 23.9 Å². The van der Waals surface area contributed by atoms with Crippen LogP contribution in [0.15, 0.2) is 23.3 Å². The normalized spacial score (nSPS) is 22.1. The zero-order valence-electron chi connectivity index (χ0n) is 14.1. The summed E-state index contributed by atoms with van der Waals surface area (Å²) in [4.78, 5) is 11.5. The highest BCUT2D eigenvalue weighted by molar-refractivity contribution is 5.80. The highest BCUT2D eigenvalue weighted by atomic mass is 16.5. The molecule has 0 amide bonds. The Morgan fingerprint density at radius 1 is 1.48 bits per heavy atom. The number of aliphatic imine (C=N–C) groups is 1. The molecule has 1 atom stereocenters. The summed E-state index contributed by atoms with van der Waals surface area (Å²) in [5, 5.41) is 6.75. The van der Waals surface area contributed by atoms with Crippen LogP contribution < -0.4 is 15.5 Å². The average Bonchev–Trinajstić information content (AvgIpc) is 3.37. The van der Waals surface area contributed by atoms with Crippen molar-refractivity contribution < 1.29 is 4.74 Å². The minimum absolute atomic E-state index is 0.260. The maximum atomic E-state index is 5.60. The molecule has 1 aromatic rings. The molecule has 2 heterocycles. The van der Waals surface area contributed by atoms with E-state index in [1.54, 1.807) is 0 Å². The molecule has 126 valence electrons. The van der Waals surface area contributed by atoms with Crippen molar-refractivity contribution in [2.75, 3.05) is 31.1 Å². The zero-order valence-corrected chi connectivity index (χ0v) is 14.1. The number of rotatable bonds is 5. The first kappa shape index (κ1) is 16.1. The fourth-order valence-electron chi connectivity index (χ4n) is 2.67. The van der Waals surface area contributed by atoms with Gasteiger partial charge in [-0.1, -0.05) is 0 Å². The number of hydrogen-bond acceptors (Lipinski definition) is 4. The zero-order chi connectivity index (χ0) is 16.1. The molecule has 6 heteroatoms. The molecular weight excluding hydrogens is 290 g/mol. The van der Waals surface area contributed by atoms with E-state index in [2.05, 4.69) is 45.4 Å². The minimum Gasteiger partial charge on any atom is -0.375 e. The van der Waals surface area contributed by atoms with Gasteiger partial charge in [0.25, 0.3) is 0 Å². The van der Waals surface area contributed by atoms with E-state index in [4.69, 9.17) is 4.74 Å². The molecule has 23 heavy (non-hydrogen) atoms. The number of nitrogens with zero attached hydrogens (tertiary/aromatic N) is 3. The summed E-state index contributed by atoms with van der Waals surface area (Å²) in [6.45, 7) is 8.30. The van der Waals surface area contributed by atoms with Crippen LogP contribution in [0.25, 0.3) is 0 Å². The number of guanidine groups is 1. The molecule has 1 aromatic heterocycles. The van der Waals surface area contributed by atoms with Crippen molar-refractivity contribution in [3.8, 4) is 0 Å². The molecule has 3 rings (SSSR count). The maximum Gasteiger partial charge on any atom is 0.191 e. The molecule has 2 N–H and O–H groups in total. The van der Waals surface area contributed by atoms with Crippen LogP contribution >= 0.6 is 0 Å². The van der Waals surface area contributed by atoms with Gasteiger partial charge >= 0.3 is 0 Å². The van der Waals surface area contributed by atoms with Crippen LogP contribution in [0.4, 0.5) is 5.82 Å². The molecule has 1 saturated heterocycles. The predicted molar refractivity (Wildman–Crippen MR) is 92.8 cm³/mol. The van der Waals surface area contributed by atoms with Gasteiger partial charge in [-0.25, -0.2) is 9.98 Å². The van der Waals surface area contributed by atoms with E-state index in [1.165, 1.54) is 18.4 Å². The third-order valence-electron chi connectivity index (χ3n) is 4.06. The first-order valence-electron chi connectivity index (χ1n) is 8.61. The molecule has 1 unspecified atom stereocenters. The standard InChI is InChI=1S/C17H27N5O/c1-3-18-17(21-15-4-5-15)20-11-14-6-7-19-16(10-14)22-8-9-23-13(2)12-22/h6-7,10,13,15H,3-5,8-9,11-12H2,1-2H3,(H2,18,20,21). The Balaban J connectivity index is 1.64. The summed E-state index contributed by atoms with van der Waals surface area (Å²) < 4.78 is 5.60. The number of aromatic nitrogens is 1. The third kappa shape index (κ3) is 4.82. The van der Waals surface area contributed by atoms with Crippen LogP contribution in [0.1, 0.15) is 32.3 Å². The van der Waals surface area contributed by atoms with E-state index in [9.17, 15) is 0 Å². The van der Waals surface area contributed by atoms with Gasteiger partial charge in [-0.3, -0.25) is 0 Å². The quantitative estimate of drug-likeness (QED) is 0.637. The molecule has 0 aromatic carbocycles. The minimum atomic E-state index is 0.260. The molecule has 1 aliphatic carbocycles. The molecule has 6 nitrogen and oxygen atoms in total. The summed E-state index contributed by atoms with van der Waals surface area (Å²) in [5.74, 6) is 1.93. The lowest BCUT2D eigenvalue weighted by atomic mass is 10.2. The van der Waals surface area contributed by atoms with E-state index < -0.39 is 0 Å². The number of nitrogens with one attached hydrogen (secondary N) is 2. The second kappa shape index (κ2) is 7.64. The van der Waals surface area contributed by atoms with Crippen LogP contribution in [-0.4, -0.2) is 49.3 Å². The lowest BCUT2D eigenvalue weighted by Gasteiger charge is -2.32. The second-order valence-corrected chi connectivity index (χ2v) is 6.26. The average molecular weight is 317 g/mol. The Kier molecular flexibility index (Phi) is 5.33. The van der Waals surface area contributed by atoms with Crippen molar-refractivity contribution in [1.82, 2.24) is 15.6 Å². The predicted octanol–water partition coefficient (Wildman–Crippen LogP) is 1.52. The Hall–Kier alpha value is -1.82. The van der Waals surface area contributed by atoms with E-state index in [1.807, 2.05) is 12.3 Å². The molecule has 2 fully saturated rings. The van der Waals surface area contributed by atoms with Gasteiger partial charge in [0.1, 0.15) is 5.82 Å². The number of hydrogen-bond donors (Lipinski definition) is 2. The van der Waals surface area contributed by atoms with Gasteiger partial charge in [-0.2, -0.15) is 0 Å². The van der Waals surface area contributed by atoms with E-state index in [-0.39, 0.29) is 6.10 Å². The van der Waals surface area contributed by atoms with Crippen molar-refractivity contribution in [2.45, 2.75) is 45.4 Å². The largest absolute Gasteiger partial charge is 0.375 e. The summed E-state index contributed by atoms with van der Waals surface area (Å²) >= 11 is 0. The monoisotopic (exact) mass is 317 g/mol. The van der Waals surface area contributed by atoms with Crippen molar-refractivity contribution >= 4 is 11.8 Å². The molecule has 0 radical (unpaired) electrons. The van der Waals surface area contributed by atoms with Crippen LogP contribution in [0.5, 0.6) is 0 Å². The highest BCUT2D eigenvalue weighted by Crippen LogP contribution is 2.19. The van der Waals surface area contributed by atoms with Gasteiger partial charge in [0.2, 0.25) is 0 Å². The topological polar surface area (TPSA) is 61.8 Å². The Morgan fingerprint density at radius 2 is 2.35 bits per heavy atom. The fraction of sp³-hybridized carbons (Fsp3) is 0.647. The highest BCUT2D eigenvalue weighted by Gasteiger charge is 2.22. The number of anilines is 1. The Morgan fingerprint density at radius 3 is 3.09 bits per heavy atom. The van der Waals surface area contributed by atoms with Gasteiger partial charge in [0, 0.05) is 31.9 Å². The molecular formula is C17H27N5O. The first-order valence-corrected chi connectivity index (χ1v) is 8.61. The number of ether oxygens (including phenoxy) is 1. The van der Waals surface area contributed by atoms with E-state index in [0.717, 1.165) is 38.0 Å². The van der Waals surface area contributed by atoms with E-state index in [0.29, 0.717) is 12.6 Å². The van der Waals surface area contributed by atoms with Gasteiger partial charge in [-0.15, -0.1) is 0 Å².